The second-order valence-electron chi connectivity index (χ2n) is 4.87. The van der Waals surface area contributed by atoms with Gasteiger partial charge in [-0.1, -0.05) is 30.3 Å². The van der Waals surface area contributed by atoms with E-state index in [9.17, 15) is 4.79 Å². The molecule has 0 aliphatic heterocycles. The van der Waals surface area contributed by atoms with Crippen molar-refractivity contribution in [1.82, 2.24) is 0 Å². The zero-order chi connectivity index (χ0) is 14.4. The van der Waals surface area contributed by atoms with Crippen LogP contribution >= 0.6 is 0 Å². The summed E-state index contributed by atoms with van der Waals surface area (Å²) < 4.78 is 0. The first kappa shape index (κ1) is 14.1. The second-order valence-corrected chi connectivity index (χ2v) is 4.87. The molecule has 0 bridgehead atoms. The average molecular weight is 268 g/mol. The first-order chi connectivity index (χ1) is 9.66. The lowest BCUT2D eigenvalue weighted by atomic mass is 10.1. The zero-order valence-electron chi connectivity index (χ0n) is 11.7. The summed E-state index contributed by atoms with van der Waals surface area (Å²) in [5, 5.41) is 3.33. The van der Waals surface area contributed by atoms with Crippen molar-refractivity contribution in [3.63, 3.8) is 0 Å². The molecule has 0 saturated carbocycles. The van der Waals surface area contributed by atoms with Crippen LogP contribution in [0.4, 0.5) is 11.4 Å². The molecule has 0 unspecified atom stereocenters. The Hall–Kier alpha value is -2.29. The minimum absolute atomic E-state index is 0.00173. The molecule has 0 spiro atoms. The molecule has 2 aromatic rings. The molecular weight excluding hydrogens is 248 g/mol. The number of aryl methyl sites for hydroxylation is 1. The topological polar surface area (TPSA) is 55.1 Å². The smallest absolute Gasteiger partial charge is 0.161 e. The van der Waals surface area contributed by atoms with Crippen LogP contribution in [0.3, 0.4) is 0 Å². The van der Waals surface area contributed by atoms with Crippen LogP contribution in [0.2, 0.25) is 0 Å². The maximum absolute atomic E-state index is 11.3. The van der Waals surface area contributed by atoms with Gasteiger partial charge in [-0.25, -0.2) is 0 Å². The van der Waals surface area contributed by atoms with E-state index in [1.54, 1.807) is 6.07 Å². The standard InChI is InChI=1S/C17H20N2O/c1-13(20)16-10-9-15(12-17(16)18)19-11-5-8-14-6-3-2-4-7-14/h2-4,6-7,9-10,12,19H,5,8,11,18H2,1H3. The summed E-state index contributed by atoms with van der Waals surface area (Å²) in [6.07, 6.45) is 2.10. The summed E-state index contributed by atoms with van der Waals surface area (Å²) in [7, 11) is 0. The summed E-state index contributed by atoms with van der Waals surface area (Å²) >= 11 is 0. The van der Waals surface area contributed by atoms with Gasteiger partial charge in [0.25, 0.3) is 0 Å². The number of nitrogens with one attached hydrogen (secondary N) is 1. The molecule has 0 radical (unpaired) electrons. The van der Waals surface area contributed by atoms with E-state index in [1.807, 2.05) is 18.2 Å². The molecule has 20 heavy (non-hydrogen) atoms. The van der Waals surface area contributed by atoms with Gasteiger partial charge < -0.3 is 11.1 Å². The van der Waals surface area contributed by atoms with Crippen LogP contribution in [0.5, 0.6) is 0 Å². The fourth-order valence-corrected chi connectivity index (χ4v) is 2.16. The number of nitrogens with two attached hydrogens (primary N) is 1. The Labute approximate surface area is 119 Å². The lowest BCUT2D eigenvalue weighted by Gasteiger charge is -2.09. The SMILES string of the molecule is CC(=O)c1ccc(NCCCc2ccccc2)cc1N. The number of rotatable bonds is 6. The Balaban J connectivity index is 1.83. The minimum atomic E-state index is -0.00173. The monoisotopic (exact) mass is 268 g/mol. The Morgan fingerprint density at radius 2 is 1.90 bits per heavy atom. The van der Waals surface area contributed by atoms with Crippen LogP contribution in [0, 0.1) is 0 Å². The number of anilines is 2. The van der Waals surface area contributed by atoms with Crippen molar-refractivity contribution in [2.75, 3.05) is 17.6 Å². The second kappa shape index (κ2) is 6.75. The summed E-state index contributed by atoms with van der Waals surface area (Å²) in [5.41, 5.74) is 9.28. The number of carbonyl (C=O) groups excluding carboxylic acids is 1. The highest BCUT2D eigenvalue weighted by molar-refractivity contribution is 5.99. The molecule has 104 valence electrons. The van der Waals surface area contributed by atoms with E-state index in [1.165, 1.54) is 12.5 Å². The number of hydrogen-bond acceptors (Lipinski definition) is 3. The predicted octanol–water partition coefficient (Wildman–Crippen LogP) is 3.52. The third-order valence-electron chi connectivity index (χ3n) is 3.25. The maximum atomic E-state index is 11.3. The number of ketones is 1. The van der Waals surface area contributed by atoms with Gasteiger partial charge in [0.1, 0.15) is 0 Å². The molecule has 0 heterocycles. The number of Topliss-reactive ketones (excluding diaryl/α,β-unsaturated/α-hetero) is 1. The van der Waals surface area contributed by atoms with Gasteiger partial charge in [-0.2, -0.15) is 0 Å². The normalized spacial score (nSPS) is 10.2. The molecule has 2 aromatic carbocycles. The van der Waals surface area contributed by atoms with E-state index in [2.05, 4.69) is 29.6 Å². The molecule has 3 heteroatoms. The van der Waals surface area contributed by atoms with Gasteiger partial charge >= 0.3 is 0 Å². The van der Waals surface area contributed by atoms with Crippen molar-refractivity contribution in [2.24, 2.45) is 0 Å². The average Bonchev–Trinajstić information content (AvgIpc) is 2.44. The van der Waals surface area contributed by atoms with E-state index in [0.717, 1.165) is 25.1 Å². The molecule has 0 aliphatic carbocycles. The van der Waals surface area contributed by atoms with Crippen molar-refractivity contribution >= 4 is 17.2 Å². The van der Waals surface area contributed by atoms with Gasteiger partial charge in [0, 0.05) is 23.5 Å². The Morgan fingerprint density at radius 1 is 1.15 bits per heavy atom. The van der Waals surface area contributed by atoms with Crippen LogP contribution in [-0.4, -0.2) is 12.3 Å². The summed E-state index contributed by atoms with van der Waals surface area (Å²) in [6, 6.07) is 15.9. The molecule has 3 nitrogen and oxygen atoms in total. The number of carbonyl (C=O) groups is 1. The van der Waals surface area contributed by atoms with E-state index in [-0.39, 0.29) is 5.78 Å². The van der Waals surface area contributed by atoms with Gasteiger partial charge in [0.15, 0.2) is 5.78 Å². The van der Waals surface area contributed by atoms with Gasteiger partial charge in [-0.15, -0.1) is 0 Å². The number of hydrogen-bond donors (Lipinski definition) is 2. The summed E-state index contributed by atoms with van der Waals surface area (Å²) in [6.45, 7) is 2.41. The maximum Gasteiger partial charge on any atom is 0.161 e. The third kappa shape index (κ3) is 3.85. The summed E-state index contributed by atoms with van der Waals surface area (Å²) in [5.74, 6) is -0.00173. The molecule has 0 saturated heterocycles. The fraction of sp³-hybridized carbons (Fsp3) is 0.235. The molecule has 0 fully saturated rings. The van der Waals surface area contributed by atoms with Crippen LogP contribution in [0.15, 0.2) is 48.5 Å². The van der Waals surface area contributed by atoms with Gasteiger partial charge in [0.05, 0.1) is 0 Å². The van der Waals surface area contributed by atoms with Crippen molar-refractivity contribution in [1.29, 1.82) is 0 Å². The van der Waals surface area contributed by atoms with Crippen LogP contribution < -0.4 is 11.1 Å². The van der Waals surface area contributed by atoms with Crippen molar-refractivity contribution < 1.29 is 4.79 Å². The largest absolute Gasteiger partial charge is 0.398 e. The highest BCUT2D eigenvalue weighted by atomic mass is 16.1. The van der Waals surface area contributed by atoms with Crippen molar-refractivity contribution in [3.05, 3.63) is 59.7 Å². The molecule has 0 amide bonds. The van der Waals surface area contributed by atoms with E-state index in [0.29, 0.717) is 11.3 Å². The Kier molecular flexibility index (Phi) is 4.77. The quantitative estimate of drug-likeness (QED) is 0.479. The Bertz CT molecular complexity index is 579. The first-order valence-corrected chi connectivity index (χ1v) is 6.85. The van der Waals surface area contributed by atoms with Gasteiger partial charge in [0.2, 0.25) is 0 Å². The van der Waals surface area contributed by atoms with Gasteiger partial charge in [-0.05, 0) is 43.5 Å². The predicted molar refractivity (Wildman–Crippen MR) is 84.1 cm³/mol. The lowest BCUT2D eigenvalue weighted by Crippen LogP contribution is -2.05. The molecular formula is C17H20N2O. The molecule has 3 N–H and O–H groups in total. The highest BCUT2D eigenvalue weighted by Gasteiger charge is 2.04. The molecule has 0 aliphatic rings. The molecule has 0 atom stereocenters. The van der Waals surface area contributed by atoms with Crippen molar-refractivity contribution in [3.8, 4) is 0 Å². The Morgan fingerprint density at radius 3 is 2.55 bits per heavy atom. The highest BCUT2D eigenvalue weighted by Crippen LogP contribution is 2.18. The number of nitrogen functional groups attached to an aromatic ring is 1. The van der Waals surface area contributed by atoms with Crippen LogP contribution in [0.1, 0.15) is 29.3 Å². The fourth-order valence-electron chi connectivity index (χ4n) is 2.16. The van der Waals surface area contributed by atoms with E-state index < -0.39 is 0 Å². The minimum Gasteiger partial charge on any atom is -0.398 e. The first-order valence-electron chi connectivity index (χ1n) is 6.85. The lowest BCUT2D eigenvalue weighted by molar-refractivity contribution is 0.101. The molecule has 0 aromatic heterocycles. The van der Waals surface area contributed by atoms with Crippen LogP contribution in [-0.2, 0) is 6.42 Å². The summed E-state index contributed by atoms with van der Waals surface area (Å²) in [4.78, 5) is 11.3. The van der Waals surface area contributed by atoms with Gasteiger partial charge in [-0.3, -0.25) is 4.79 Å². The van der Waals surface area contributed by atoms with E-state index in [4.69, 9.17) is 5.73 Å². The zero-order valence-corrected chi connectivity index (χ0v) is 11.7. The van der Waals surface area contributed by atoms with E-state index >= 15 is 0 Å². The van der Waals surface area contributed by atoms with Crippen molar-refractivity contribution in [2.45, 2.75) is 19.8 Å². The number of benzene rings is 2. The van der Waals surface area contributed by atoms with Crippen LogP contribution in [0.25, 0.3) is 0 Å². The molecule has 2 rings (SSSR count). The third-order valence-corrected chi connectivity index (χ3v) is 3.25.